The average molecular weight is 422 g/mol. The van der Waals surface area contributed by atoms with E-state index in [9.17, 15) is 18.0 Å². The number of benzene rings is 1. The molecule has 0 aliphatic carbocycles. The van der Waals surface area contributed by atoms with Gasteiger partial charge < -0.3 is 20.2 Å². The number of nitrogens with two attached hydrogens (primary N) is 1. The fourth-order valence-corrected chi connectivity index (χ4v) is 3.01. The van der Waals surface area contributed by atoms with Crippen LogP contribution in [0.25, 0.3) is 10.9 Å². The van der Waals surface area contributed by atoms with E-state index in [-0.39, 0.29) is 23.5 Å². The SMILES string of the molecule is COc1cc2c(=O)[nH]c(CCCOc3c([C@@H](C)N)cccc3C(F)(F)F)nc2cn1. The number of aromatic nitrogens is 3. The summed E-state index contributed by atoms with van der Waals surface area (Å²) in [5.74, 6) is 0.417. The molecule has 0 amide bonds. The quantitative estimate of drug-likeness (QED) is 0.566. The minimum absolute atomic E-state index is 0.00454. The Bertz CT molecular complexity index is 1100. The number of pyridine rings is 1. The summed E-state index contributed by atoms with van der Waals surface area (Å²) in [7, 11) is 1.44. The van der Waals surface area contributed by atoms with Gasteiger partial charge in [-0.15, -0.1) is 0 Å². The molecule has 0 saturated carbocycles. The van der Waals surface area contributed by atoms with E-state index in [2.05, 4.69) is 15.0 Å². The number of rotatable bonds is 7. The average Bonchev–Trinajstić information content (AvgIpc) is 2.70. The van der Waals surface area contributed by atoms with Gasteiger partial charge in [-0.1, -0.05) is 12.1 Å². The highest BCUT2D eigenvalue weighted by atomic mass is 19.4. The molecular weight excluding hydrogens is 401 g/mol. The van der Waals surface area contributed by atoms with Crippen LogP contribution >= 0.6 is 0 Å². The second-order valence-electron chi connectivity index (χ2n) is 6.72. The molecule has 2 heterocycles. The van der Waals surface area contributed by atoms with E-state index < -0.39 is 17.8 Å². The summed E-state index contributed by atoms with van der Waals surface area (Å²) in [4.78, 5) is 23.3. The standard InChI is InChI=1S/C20H21F3N4O3/c1-11(24)12-5-3-6-14(20(21,22)23)18(12)30-8-4-7-16-26-15-10-25-17(29-2)9-13(15)19(28)27-16/h3,5-6,9-11H,4,7-8,24H2,1-2H3,(H,26,27,28)/t11-/m1/s1. The van der Waals surface area contributed by atoms with E-state index in [1.54, 1.807) is 6.92 Å². The molecule has 1 atom stereocenters. The highest BCUT2D eigenvalue weighted by molar-refractivity contribution is 5.77. The lowest BCUT2D eigenvalue weighted by Gasteiger charge is -2.19. The number of aryl methyl sites for hydroxylation is 1. The Hall–Kier alpha value is -3.14. The number of aromatic amines is 1. The molecule has 2 aromatic heterocycles. The molecule has 1 aromatic carbocycles. The molecular formula is C20H21F3N4O3. The molecule has 10 heteroatoms. The molecule has 3 aromatic rings. The lowest BCUT2D eigenvalue weighted by Crippen LogP contribution is -2.16. The van der Waals surface area contributed by atoms with Gasteiger partial charge in [0.25, 0.3) is 5.56 Å². The lowest BCUT2D eigenvalue weighted by atomic mass is 10.0. The second kappa shape index (κ2) is 8.70. The molecule has 0 aliphatic rings. The Morgan fingerprint density at radius 3 is 2.73 bits per heavy atom. The number of fused-ring (bicyclic) bond motifs is 1. The van der Waals surface area contributed by atoms with Gasteiger partial charge in [-0.05, 0) is 19.4 Å². The van der Waals surface area contributed by atoms with E-state index in [0.29, 0.717) is 35.4 Å². The van der Waals surface area contributed by atoms with Crippen LogP contribution in [0.5, 0.6) is 11.6 Å². The number of nitrogens with zero attached hydrogens (tertiary/aromatic N) is 2. The van der Waals surface area contributed by atoms with Crippen LogP contribution in [0.1, 0.15) is 36.3 Å². The minimum Gasteiger partial charge on any atom is -0.493 e. The van der Waals surface area contributed by atoms with Gasteiger partial charge in [0.05, 0.1) is 36.4 Å². The summed E-state index contributed by atoms with van der Waals surface area (Å²) >= 11 is 0. The number of para-hydroxylation sites is 1. The van der Waals surface area contributed by atoms with Gasteiger partial charge in [0.1, 0.15) is 11.6 Å². The van der Waals surface area contributed by atoms with Crippen LogP contribution in [-0.4, -0.2) is 28.7 Å². The van der Waals surface area contributed by atoms with Crippen molar-refractivity contribution in [3.05, 3.63) is 57.8 Å². The highest BCUT2D eigenvalue weighted by Crippen LogP contribution is 2.39. The molecule has 0 bridgehead atoms. The first-order valence-electron chi connectivity index (χ1n) is 9.22. The number of methoxy groups -OCH3 is 1. The molecule has 0 unspecified atom stereocenters. The fraction of sp³-hybridized carbons (Fsp3) is 0.350. The Kier molecular flexibility index (Phi) is 6.25. The summed E-state index contributed by atoms with van der Waals surface area (Å²) in [5, 5.41) is 0.336. The number of H-pyrrole nitrogens is 1. The van der Waals surface area contributed by atoms with Crippen molar-refractivity contribution in [2.45, 2.75) is 32.0 Å². The topological polar surface area (TPSA) is 103 Å². The summed E-state index contributed by atoms with van der Waals surface area (Å²) in [6.07, 6.45) is -2.49. The van der Waals surface area contributed by atoms with Crippen LogP contribution in [0.2, 0.25) is 0 Å². The van der Waals surface area contributed by atoms with Gasteiger partial charge in [0, 0.05) is 24.1 Å². The van der Waals surface area contributed by atoms with E-state index in [4.69, 9.17) is 15.2 Å². The maximum absolute atomic E-state index is 13.3. The molecule has 0 spiro atoms. The van der Waals surface area contributed by atoms with Crippen molar-refractivity contribution in [2.24, 2.45) is 5.73 Å². The van der Waals surface area contributed by atoms with Crippen molar-refractivity contribution >= 4 is 10.9 Å². The van der Waals surface area contributed by atoms with Crippen molar-refractivity contribution in [3.63, 3.8) is 0 Å². The Labute approximate surface area is 170 Å². The molecule has 30 heavy (non-hydrogen) atoms. The first kappa shape index (κ1) is 21.6. The van der Waals surface area contributed by atoms with Crippen LogP contribution in [0, 0.1) is 0 Å². The maximum Gasteiger partial charge on any atom is 0.419 e. The maximum atomic E-state index is 13.3. The van der Waals surface area contributed by atoms with Crippen LogP contribution < -0.4 is 20.8 Å². The molecule has 0 saturated heterocycles. The van der Waals surface area contributed by atoms with Crippen molar-refractivity contribution in [3.8, 4) is 11.6 Å². The number of ether oxygens (including phenoxy) is 2. The third-order valence-electron chi connectivity index (χ3n) is 4.47. The van der Waals surface area contributed by atoms with Crippen molar-refractivity contribution < 1.29 is 22.6 Å². The molecule has 7 nitrogen and oxygen atoms in total. The predicted molar refractivity (Wildman–Crippen MR) is 105 cm³/mol. The van der Waals surface area contributed by atoms with E-state index >= 15 is 0 Å². The Morgan fingerprint density at radius 2 is 2.07 bits per heavy atom. The number of nitrogens with one attached hydrogen (secondary N) is 1. The molecule has 160 valence electrons. The van der Waals surface area contributed by atoms with Gasteiger partial charge in [-0.2, -0.15) is 13.2 Å². The van der Waals surface area contributed by atoms with Gasteiger partial charge in [0.15, 0.2) is 0 Å². The first-order valence-corrected chi connectivity index (χ1v) is 9.22. The summed E-state index contributed by atoms with van der Waals surface area (Å²) < 4.78 is 50.5. The third kappa shape index (κ3) is 4.70. The predicted octanol–water partition coefficient (Wildman–Crippen LogP) is 3.38. The van der Waals surface area contributed by atoms with Crippen molar-refractivity contribution in [1.29, 1.82) is 0 Å². The van der Waals surface area contributed by atoms with E-state index in [1.807, 2.05) is 0 Å². The van der Waals surface area contributed by atoms with E-state index in [1.165, 1.54) is 31.5 Å². The summed E-state index contributed by atoms with van der Waals surface area (Å²) in [6.45, 7) is 1.59. The first-order chi connectivity index (χ1) is 14.2. The number of alkyl halides is 3. The molecule has 3 rings (SSSR count). The highest BCUT2D eigenvalue weighted by Gasteiger charge is 2.35. The van der Waals surface area contributed by atoms with Crippen LogP contribution in [0.15, 0.2) is 35.3 Å². The van der Waals surface area contributed by atoms with Gasteiger partial charge >= 0.3 is 6.18 Å². The van der Waals surface area contributed by atoms with Crippen molar-refractivity contribution in [2.75, 3.05) is 13.7 Å². The van der Waals surface area contributed by atoms with Crippen LogP contribution in [-0.2, 0) is 12.6 Å². The second-order valence-corrected chi connectivity index (χ2v) is 6.72. The largest absolute Gasteiger partial charge is 0.493 e. The normalized spacial score (nSPS) is 12.7. The summed E-state index contributed by atoms with van der Waals surface area (Å²) in [5.41, 5.74) is 5.27. The minimum atomic E-state index is -4.56. The van der Waals surface area contributed by atoms with Gasteiger partial charge in [-0.25, -0.2) is 9.97 Å². The van der Waals surface area contributed by atoms with E-state index in [0.717, 1.165) is 6.07 Å². The smallest absolute Gasteiger partial charge is 0.419 e. The van der Waals surface area contributed by atoms with Crippen LogP contribution in [0.3, 0.4) is 0 Å². The fourth-order valence-electron chi connectivity index (χ4n) is 3.01. The third-order valence-corrected chi connectivity index (χ3v) is 4.47. The molecule has 0 fully saturated rings. The Morgan fingerprint density at radius 1 is 1.30 bits per heavy atom. The lowest BCUT2D eigenvalue weighted by molar-refractivity contribution is -0.139. The zero-order valence-corrected chi connectivity index (χ0v) is 16.4. The zero-order valence-electron chi connectivity index (χ0n) is 16.4. The number of hydrogen-bond donors (Lipinski definition) is 2. The van der Waals surface area contributed by atoms with Crippen molar-refractivity contribution in [1.82, 2.24) is 15.0 Å². The Balaban J connectivity index is 1.73. The molecule has 0 aliphatic heterocycles. The number of hydrogen-bond acceptors (Lipinski definition) is 6. The number of halogens is 3. The van der Waals surface area contributed by atoms with Crippen LogP contribution in [0.4, 0.5) is 13.2 Å². The zero-order chi connectivity index (χ0) is 21.9. The van der Waals surface area contributed by atoms with Gasteiger partial charge in [-0.3, -0.25) is 4.79 Å². The van der Waals surface area contributed by atoms with Gasteiger partial charge in [0.2, 0.25) is 5.88 Å². The summed E-state index contributed by atoms with van der Waals surface area (Å²) in [6, 6.07) is 4.65. The molecule has 3 N–H and O–H groups in total. The monoisotopic (exact) mass is 422 g/mol. The molecule has 0 radical (unpaired) electrons.